The summed E-state index contributed by atoms with van der Waals surface area (Å²) in [7, 11) is 0. The molecule has 0 amide bonds. The lowest BCUT2D eigenvalue weighted by Gasteiger charge is -2.09. The smallest absolute Gasteiger partial charge is 0.155 e. The molecular weight excluding hydrogens is 206 g/mol. The van der Waals surface area contributed by atoms with Crippen LogP contribution in [0.2, 0.25) is 0 Å². The molecule has 2 heterocycles. The van der Waals surface area contributed by atoms with Crippen LogP contribution in [0.4, 0.5) is 0 Å². The summed E-state index contributed by atoms with van der Waals surface area (Å²) in [5.41, 5.74) is 6.74. The largest absolute Gasteiger partial charge is 0.396 e. The van der Waals surface area contributed by atoms with E-state index in [1.54, 1.807) is 17.2 Å². The maximum Gasteiger partial charge on any atom is 0.155 e. The van der Waals surface area contributed by atoms with Crippen LogP contribution in [0.5, 0.6) is 0 Å². The van der Waals surface area contributed by atoms with Gasteiger partial charge >= 0.3 is 0 Å². The first-order chi connectivity index (χ1) is 7.81. The maximum absolute atomic E-state index is 8.78. The second-order valence-corrected chi connectivity index (χ2v) is 3.41. The fourth-order valence-corrected chi connectivity index (χ4v) is 1.38. The number of aliphatic hydroxyl groups is 1. The van der Waals surface area contributed by atoms with Crippen LogP contribution in [-0.4, -0.2) is 31.5 Å². The van der Waals surface area contributed by atoms with E-state index in [2.05, 4.69) is 15.1 Å². The molecule has 1 unspecified atom stereocenters. The summed E-state index contributed by atoms with van der Waals surface area (Å²) in [4.78, 5) is 8.06. The minimum absolute atomic E-state index is 0.0754. The van der Waals surface area contributed by atoms with Crippen molar-refractivity contribution in [3.63, 3.8) is 0 Å². The molecule has 6 nitrogen and oxygen atoms in total. The SMILES string of the molecule is NC(CCO)c1ccc(-n2cncn2)nc1. The van der Waals surface area contributed by atoms with Gasteiger partial charge in [-0.15, -0.1) is 0 Å². The van der Waals surface area contributed by atoms with Gasteiger partial charge in [0.1, 0.15) is 12.7 Å². The van der Waals surface area contributed by atoms with Crippen molar-refractivity contribution < 1.29 is 5.11 Å². The average molecular weight is 219 g/mol. The number of aromatic nitrogens is 4. The Labute approximate surface area is 92.8 Å². The second-order valence-electron chi connectivity index (χ2n) is 3.41. The Morgan fingerprint density at radius 1 is 1.44 bits per heavy atom. The zero-order chi connectivity index (χ0) is 11.4. The van der Waals surface area contributed by atoms with Gasteiger partial charge in [0.2, 0.25) is 0 Å². The standard InChI is InChI=1S/C10H13N5O/c11-9(3-4-16)8-1-2-10(13-5-8)15-7-12-6-14-15/h1-2,5-7,9,16H,3-4,11H2. The number of nitrogens with zero attached hydrogens (tertiary/aromatic N) is 4. The Bertz CT molecular complexity index is 425. The topological polar surface area (TPSA) is 89.8 Å². The van der Waals surface area contributed by atoms with Gasteiger partial charge in [-0.05, 0) is 18.1 Å². The normalized spacial score (nSPS) is 12.6. The zero-order valence-corrected chi connectivity index (χ0v) is 8.69. The molecule has 3 N–H and O–H groups in total. The predicted molar refractivity (Wildman–Crippen MR) is 57.8 cm³/mol. The lowest BCUT2D eigenvalue weighted by atomic mass is 10.1. The first-order valence-electron chi connectivity index (χ1n) is 4.98. The van der Waals surface area contributed by atoms with E-state index in [-0.39, 0.29) is 12.6 Å². The molecule has 0 radical (unpaired) electrons. The van der Waals surface area contributed by atoms with Crippen LogP contribution in [0.3, 0.4) is 0 Å². The van der Waals surface area contributed by atoms with Gasteiger partial charge in [-0.25, -0.2) is 14.6 Å². The Hall–Kier alpha value is -1.79. The first-order valence-corrected chi connectivity index (χ1v) is 4.98. The summed E-state index contributed by atoms with van der Waals surface area (Å²) in [6.45, 7) is 0.0754. The minimum Gasteiger partial charge on any atom is -0.396 e. The van der Waals surface area contributed by atoms with Crippen molar-refractivity contribution in [1.82, 2.24) is 19.7 Å². The van der Waals surface area contributed by atoms with Crippen molar-refractivity contribution >= 4 is 0 Å². The van der Waals surface area contributed by atoms with Gasteiger partial charge in [-0.1, -0.05) is 6.07 Å². The molecule has 0 fully saturated rings. The molecule has 0 aliphatic heterocycles. The van der Waals surface area contributed by atoms with Crippen molar-refractivity contribution in [3.8, 4) is 5.82 Å². The molecule has 0 bridgehead atoms. The Kier molecular flexibility index (Phi) is 3.23. The van der Waals surface area contributed by atoms with E-state index in [4.69, 9.17) is 10.8 Å². The number of nitrogens with two attached hydrogens (primary N) is 1. The molecule has 0 aromatic carbocycles. The van der Waals surface area contributed by atoms with E-state index in [0.29, 0.717) is 12.2 Å². The Morgan fingerprint density at radius 3 is 2.88 bits per heavy atom. The highest BCUT2D eigenvalue weighted by Crippen LogP contribution is 2.13. The maximum atomic E-state index is 8.78. The van der Waals surface area contributed by atoms with Gasteiger partial charge in [0.25, 0.3) is 0 Å². The van der Waals surface area contributed by atoms with E-state index in [9.17, 15) is 0 Å². The Morgan fingerprint density at radius 2 is 2.31 bits per heavy atom. The molecule has 0 aliphatic rings. The van der Waals surface area contributed by atoms with Crippen molar-refractivity contribution in [1.29, 1.82) is 0 Å². The third-order valence-electron chi connectivity index (χ3n) is 2.29. The summed E-state index contributed by atoms with van der Waals surface area (Å²) < 4.78 is 1.57. The molecule has 2 rings (SSSR count). The molecular formula is C10H13N5O. The Balaban J connectivity index is 2.16. The first kappa shape index (κ1) is 10.7. The van der Waals surface area contributed by atoms with Gasteiger partial charge in [-0.2, -0.15) is 5.10 Å². The summed E-state index contributed by atoms with van der Waals surface area (Å²) in [5.74, 6) is 0.692. The molecule has 6 heteroatoms. The van der Waals surface area contributed by atoms with Crippen molar-refractivity contribution in [2.24, 2.45) is 5.73 Å². The molecule has 0 saturated carbocycles. The molecule has 0 saturated heterocycles. The van der Waals surface area contributed by atoms with E-state index in [0.717, 1.165) is 5.56 Å². The van der Waals surface area contributed by atoms with Crippen LogP contribution in [0.25, 0.3) is 5.82 Å². The highest BCUT2D eigenvalue weighted by atomic mass is 16.3. The van der Waals surface area contributed by atoms with Crippen LogP contribution < -0.4 is 5.73 Å². The molecule has 16 heavy (non-hydrogen) atoms. The van der Waals surface area contributed by atoms with Crippen molar-refractivity contribution in [3.05, 3.63) is 36.5 Å². The van der Waals surface area contributed by atoms with Gasteiger partial charge in [0.05, 0.1) is 0 Å². The molecule has 0 spiro atoms. The van der Waals surface area contributed by atoms with Gasteiger partial charge < -0.3 is 10.8 Å². The third-order valence-corrected chi connectivity index (χ3v) is 2.29. The van der Waals surface area contributed by atoms with Crippen molar-refractivity contribution in [2.75, 3.05) is 6.61 Å². The quantitative estimate of drug-likeness (QED) is 0.758. The van der Waals surface area contributed by atoms with E-state index in [1.165, 1.54) is 6.33 Å². The van der Waals surface area contributed by atoms with E-state index >= 15 is 0 Å². The summed E-state index contributed by atoms with van der Waals surface area (Å²) in [6.07, 6.45) is 5.25. The monoisotopic (exact) mass is 219 g/mol. The highest BCUT2D eigenvalue weighted by molar-refractivity contribution is 5.25. The lowest BCUT2D eigenvalue weighted by molar-refractivity contribution is 0.276. The predicted octanol–water partition coefficient (Wildman–Crippen LogP) is 0.0445. The fraction of sp³-hybridized carbons (Fsp3) is 0.300. The van der Waals surface area contributed by atoms with Crippen molar-refractivity contribution in [2.45, 2.75) is 12.5 Å². The van der Waals surface area contributed by atoms with Crippen LogP contribution >= 0.6 is 0 Å². The van der Waals surface area contributed by atoms with Crippen LogP contribution in [0.1, 0.15) is 18.0 Å². The van der Waals surface area contributed by atoms with Crippen LogP contribution in [0.15, 0.2) is 31.0 Å². The number of aliphatic hydroxyl groups excluding tert-OH is 1. The molecule has 1 atom stereocenters. The van der Waals surface area contributed by atoms with E-state index < -0.39 is 0 Å². The minimum atomic E-state index is -0.178. The summed E-state index contributed by atoms with van der Waals surface area (Å²) >= 11 is 0. The van der Waals surface area contributed by atoms with Gasteiger partial charge in [-0.3, -0.25) is 0 Å². The summed E-state index contributed by atoms with van der Waals surface area (Å²) in [5, 5.41) is 12.7. The lowest BCUT2D eigenvalue weighted by Crippen LogP contribution is -2.12. The van der Waals surface area contributed by atoms with Crippen LogP contribution in [-0.2, 0) is 0 Å². The van der Waals surface area contributed by atoms with E-state index in [1.807, 2.05) is 12.1 Å². The van der Waals surface area contributed by atoms with Crippen LogP contribution in [0, 0.1) is 0 Å². The number of hydrogen-bond acceptors (Lipinski definition) is 5. The summed E-state index contributed by atoms with van der Waals surface area (Å²) in [6, 6.07) is 3.52. The fourth-order valence-electron chi connectivity index (χ4n) is 1.38. The molecule has 2 aromatic rings. The average Bonchev–Trinajstić information content (AvgIpc) is 2.83. The van der Waals surface area contributed by atoms with Gasteiger partial charge in [0.15, 0.2) is 5.82 Å². The number of pyridine rings is 1. The zero-order valence-electron chi connectivity index (χ0n) is 8.69. The molecule has 0 aliphatic carbocycles. The number of hydrogen-bond donors (Lipinski definition) is 2. The second kappa shape index (κ2) is 4.82. The molecule has 84 valence electrons. The number of rotatable bonds is 4. The third kappa shape index (κ3) is 2.23. The van der Waals surface area contributed by atoms with Gasteiger partial charge in [0, 0.05) is 18.8 Å². The molecule has 2 aromatic heterocycles. The highest BCUT2D eigenvalue weighted by Gasteiger charge is 2.06.